The molecular formula is C18H20F3N5O2. The molecule has 2 N–H and O–H groups in total. The molecular weight excluding hydrogens is 375 g/mol. The highest BCUT2D eigenvalue weighted by atomic mass is 19.4. The number of rotatable bonds is 5. The number of benzene rings is 1. The average molecular weight is 395 g/mol. The van der Waals surface area contributed by atoms with Crippen LogP contribution in [0.15, 0.2) is 35.3 Å². The Morgan fingerprint density at radius 2 is 2.00 bits per heavy atom. The zero-order valence-corrected chi connectivity index (χ0v) is 15.6. The number of hydrogen-bond acceptors (Lipinski definition) is 5. The summed E-state index contributed by atoms with van der Waals surface area (Å²) in [5.74, 6) is 0.507. The molecule has 3 rings (SSSR count). The number of nitrogens with one attached hydrogen (secondary N) is 2. The quantitative estimate of drug-likeness (QED) is 0.648. The van der Waals surface area contributed by atoms with Crippen molar-refractivity contribution in [3.63, 3.8) is 0 Å². The minimum atomic E-state index is -4.42. The van der Waals surface area contributed by atoms with Crippen LogP contribution in [0.4, 0.5) is 19.0 Å². The molecule has 0 aliphatic heterocycles. The highest BCUT2D eigenvalue weighted by Crippen LogP contribution is 2.31. The molecule has 0 bridgehead atoms. The first-order chi connectivity index (χ1) is 13.1. The maximum atomic E-state index is 12.7. The van der Waals surface area contributed by atoms with Crippen LogP contribution in [0.2, 0.25) is 0 Å². The number of ether oxygens (including phenoxy) is 1. The van der Waals surface area contributed by atoms with E-state index in [1.54, 1.807) is 6.20 Å². The predicted molar refractivity (Wildman–Crippen MR) is 97.7 cm³/mol. The van der Waals surface area contributed by atoms with Gasteiger partial charge in [0.1, 0.15) is 12.4 Å². The molecule has 0 unspecified atom stereocenters. The topological polar surface area (TPSA) is 84.3 Å². The van der Waals surface area contributed by atoms with Crippen LogP contribution in [0.5, 0.6) is 5.75 Å². The van der Waals surface area contributed by atoms with Crippen LogP contribution in [-0.2, 0) is 11.6 Å². The van der Waals surface area contributed by atoms with Gasteiger partial charge < -0.3 is 10.1 Å². The number of halogens is 3. The number of nitrogens with zero attached hydrogens (tertiary/aromatic N) is 3. The van der Waals surface area contributed by atoms with E-state index < -0.39 is 11.7 Å². The second-order valence-corrected chi connectivity index (χ2v) is 7.25. The fraction of sp³-hybridized carbons (Fsp3) is 0.389. The van der Waals surface area contributed by atoms with Crippen molar-refractivity contribution >= 4 is 11.5 Å². The molecule has 7 nitrogen and oxygen atoms in total. The molecule has 10 heteroatoms. The molecule has 0 spiro atoms. The molecule has 0 radical (unpaired) electrons. The van der Waals surface area contributed by atoms with Gasteiger partial charge in [-0.2, -0.15) is 13.2 Å². The summed E-state index contributed by atoms with van der Waals surface area (Å²) in [6.07, 6.45) is -2.79. The monoisotopic (exact) mass is 395 g/mol. The molecule has 2 aromatic heterocycles. The van der Waals surface area contributed by atoms with Crippen molar-refractivity contribution in [2.45, 2.75) is 32.4 Å². The number of anilines is 1. The Morgan fingerprint density at radius 3 is 2.68 bits per heavy atom. The summed E-state index contributed by atoms with van der Waals surface area (Å²) >= 11 is 0. The van der Waals surface area contributed by atoms with Gasteiger partial charge in [-0.05, 0) is 18.2 Å². The van der Waals surface area contributed by atoms with Crippen molar-refractivity contribution in [3.05, 3.63) is 52.2 Å². The highest BCUT2D eigenvalue weighted by Gasteiger charge is 2.30. The van der Waals surface area contributed by atoms with Gasteiger partial charge in [-0.1, -0.05) is 26.8 Å². The molecule has 0 amide bonds. The molecule has 3 aromatic rings. The van der Waals surface area contributed by atoms with Crippen LogP contribution in [0.1, 0.15) is 32.0 Å². The van der Waals surface area contributed by atoms with Crippen LogP contribution in [0, 0.1) is 0 Å². The van der Waals surface area contributed by atoms with Crippen molar-refractivity contribution in [1.82, 2.24) is 19.6 Å². The normalized spacial score (nSPS) is 12.4. The van der Waals surface area contributed by atoms with Crippen LogP contribution < -0.4 is 15.7 Å². The van der Waals surface area contributed by atoms with E-state index in [1.807, 2.05) is 20.8 Å². The van der Waals surface area contributed by atoms with Gasteiger partial charge in [0, 0.05) is 11.6 Å². The molecule has 0 aliphatic carbocycles. The van der Waals surface area contributed by atoms with Gasteiger partial charge in [0.2, 0.25) is 5.65 Å². The summed E-state index contributed by atoms with van der Waals surface area (Å²) in [5, 5.41) is 9.35. The Morgan fingerprint density at radius 1 is 1.25 bits per heavy atom. The Kier molecular flexibility index (Phi) is 5.05. The molecule has 0 fully saturated rings. The van der Waals surface area contributed by atoms with Gasteiger partial charge in [-0.25, -0.2) is 19.3 Å². The van der Waals surface area contributed by atoms with Crippen LogP contribution in [0.25, 0.3) is 5.65 Å². The van der Waals surface area contributed by atoms with Crippen LogP contribution in [0.3, 0.4) is 0 Å². The minimum absolute atomic E-state index is 0.101. The van der Waals surface area contributed by atoms with Gasteiger partial charge >= 0.3 is 11.9 Å². The molecule has 0 saturated carbocycles. The lowest BCUT2D eigenvalue weighted by molar-refractivity contribution is -0.137. The average Bonchev–Trinajstić information content (AvgIpc) is 2.99. The molecule has 0 saturated heterocycles. The van der Waals surface area contributed by atoms with Gasteiger partial charge in [-0.15, -0.1) is 5.10 Å². The molecule has 28 heavy (non-hydrogen) atoms. The van der Waals surface area contributed by atoms with E-state index in [4.69, 9.17) is 4.74 Å². The number of H-pyrrole nitrogens is 1. The first-order valence-electron chi connectivity index (χ1n) is 8.58. The maximum Gasteiger partial charge on any atom is 0.416 e. The number of hydrogen-bond donors (Lipinski definition) is 2. The number of fused-ring (bicyclic) bond motifs is 1. The lowest BCUT2D eigenvalue weighted by Crippen LogP contribution is -2.20. The van der Waals surface area contributed by atoms with Gasteiger partial charge in [0.15, 0.2) is 5.82 Å². The first kappa shape index (κ1) is 19.7. The largest absolute Gasteiger partial charge is 0.492 e. The van der Waals surface area contributed by atoms with E-state index in [0.717, 1.165) is 12.1 Å². The van der Waals surface area contributed by atoms with Crippen molar-refractivity contribution < 1.29 is 17.9 Å². The van der Waals surface area contributed by atoms with E-state index in [9.17, 15) is 18.0 Å². The van der Waals surface area contributed by atoms with E-state index >= 15 is 0 Å². The van der Waals surface area contributed by atoms with Gasteiger partial charge in [-0.3, -0.25) is 0 Å². The summed E-state index contributed by atoms with van der Waals surface area (Å²) in [5.41, 5.74) is -0.432. The number of aromatic amines is 1. The molecule has 150 valence electrons. The van der Waals surface area contributed by atoms with Crippen molar-refractivity contribution in [3.8, 4) is 5.75 Å². The first-order valence-corrected chi connectivity index (χ1v) is 8.58. The van der Waals surface area contributed by atoms with E-state index in [2.05, 4.69) is 20.5 Å². The van der Waals surface area contributed by atoms with Crippen LogP contribution >= 0.6 is 0 Å². The smallest absolute Gasteiger partial charge is 0.416 e. The Balaban J connectivity index is 1.72. The molecule has 0 atom stereocenters. The predicted octanol–water partition coefficient (Wildman–Crippen LogP) is 3.22. The van der Waals surface area contributed by atoms with Crippen LogP contribution in [-0.4, -0.2) is 32.7 Å². The van der Waals surface area contributed by atoms with Crippen molar-refractivity contribution in [2.24, 2.45) is 0 Å². The highest BCUT2D eigenvalue weighted by molar-refractivity contribution is 5.62. The molecule has 0 aliphatic rings. The summed E-state index contributed by atoms with van der Waals surface area (Å²) < 4.78 is 45.0. The van der Waals surface area contributed by atoms with Crippen molar-refractivity contribution in [1.29, 1.82) is 0 Å². The van der Waals surface area contributed by atoms with Crippen molar-refractivity contribution in [2.75, 3.05) is 18.5 Å². The number of aromatic nitrogens is 4. The fourth-order valence-corrected chi connectivity index (χ4v) is 2.49. The second-order valence-electron chi connectivity index (χ2n) is 7.25. The summed E-state index contributed by atoms with van der Waals surface area (Å²) in [7, 11) is 0. The lowest BCUT2D eigenvalue weighted by Gasteiger charge is -2.19. The Labute approximate surface area is 158 Å². The van der Waals surface area contributed by atoms with E-state index in [-0.39, 0.29) is 30.0 Å². The molecule has 2 heterocycles. The maximum absolute atomic E-state index is 12.7. The zero-order valence-electron chi connectivity index (χ0n) is 15.6. The van der Waals surface area contributed by atoms with Gasteiger partial charge in [0.05, 0.1) is 17.8 Å². The third-order valence-electron chi connectivity index (χ3n) is 3.99. The summed E-state index contributed by atoms with van der Waals surface area (Å²) in [6.45, 7) is 6.25. The Hall–Kier alpha value is -3.04. The SMILES string of the molecule is CC(C)(C)c1cn2c(=O)[nH]nc2c(NCCOc2cccc(C(F)(F)F)c2)n1. The Bertz CT molecular complexity index is 1030. The lowest BCUT2D eigenvalue weighted by atomic mass is 9.93. The summed E-state index contributed by atoms with van der Waals surface area (Å²) in [6, 6.07) is 4.68. The number of alkyl halides is 3. The summed E-state index contributed by atoms with van der Waals surface area (Å²) in [4.78, 5) is 16.4. The zero-order chi connectivity index (χ0) is 20.5. The third-order valence-corrected chi connectivity index (χ3v) is 3.99. The van der Waals surface area contributed by atoms with Gasteiger partial charge in [0.25, 0.3) is 0 Å². The second kappa shape index (κ2) is 7.17. The van der Waals surface area contributed by atoms with E-state index in [1.165, 1.54) is 16.5 Å². The minimum Gasteiger partial charge on any atom is -0.492 e. The standard InChI is InChI=1S/C18H20F3N5O2/c1-17(2,3)13-10-26-15(24-25-16(26)27)14(23-13)22-7-8-28-12-6-4-5-11(9-12)18(19,20)21/h4-6,9-10H,7-8H2,1-3H3,(H,22,23)(H,25,27). The third kappa shape index (κ3) is 4.26. The fourth-order valence-electron chi connectivity index (χ4n) is 2.49. The molecule has 1 aromatic carbocycles. The van der Waals surface area contributed by atoms with E-state index in [0.29, 0.717) is 17.2 Å².